The van der Waals surface area contributed by atoms with E-state index in [1.807, 2.05) is 30.3 Å². The predicted molar refractivity (Wildman–Crippen MR) is 96.0 cm³/mol. The van der Waals surface area contributed by atoms with Crippen LogP contribution in [0.2, 0.25) is 5.02 Å². The Balaban J connectivity index is 1.94. The van der Waals surface area contributed by atoms with Crippen molar-refractivity contribution in [2.45, 2.75) is 12.5 Å². The number of nitrogens with one attached hydrogen (secondary N) is 1. The van der Waals surface area contributed by atoms with E-state index in [2.05, 4.69) is 16.4 Å². The van der Waals surface area contributed by atoms with Crippen LogP contribution in [-0.2, 0) is 5.60 Å². The van der Waals surface area contributed by atoms with Crippen molar-refractivity contribution in [1.29, 1.82) is 5.26 Å². The van der Waals surface area contributed by atoms with E-state index in [0.717, 1.165) is 10.9 Å². The van der Waals surface area contributed by atoms with Crippen LogP contribution in [0, 0.1) is 11.3 Å². The predicted octanol–water partition coefficient (Wildman–Crippen LogP) is 4.08. The maximum Gasteiger partial charge on any atom is 0.104 e. The first-order valence-corrected chi connectivity index (χ1v) is 7.89. The summed E-state index contributed by atoms with van der Waals surface area (Å²) in [5.41, 5.74) is 1.48. The number of nitriles is 1. The second-order valence-corrected chi connectivity index (χ2v) is 6.25. The van der Waals surface area contributed by atoms with Gasteiger partial charge in [0.05, 0.1) is 16.8 Å². The van der Waals surface area contributed by atoms with Gasteiger partial charge in [0.15, 0.2) is 0 Å². The lowest BCUT2D eigenvalue weighted by atomic mass is 9.95. The molecule has 0 fully saturated rings. The molecule has 1 heterocycles. The summed E-state index contributed by atoms with van der Waals surface area (Å²) in [6.07, 6.45) is 1.54. The zero-order valence-corrected chi connectivity index (χ0v) is 13.9. The maximum atomic E-state index is 10.8. The van der Waals surface area contributed by atoms with E-state index in [4.69, 9.17) is 11.6 Å². The van der Waals surface area contributed by atoms with Gasteiger partial charge < -0.3 is 10.4 Å². The van der Waals surface area contributed by atoms with Gasteiger partial charge in [-0.05, 0) is 30.7 Å². The van der Waals surface area contributed by atoms with Crippen molar-refractivity contribution < 1.29 is 5.11 Å². The van der Waals surface area contributed by atoms with Gasteiger partial charge in [-0.2, -0.15) is 5.26 Å². The highest BCUT2D eigenvalue weighted by Gasteiger charge is 2.24. The third-order valence-corrected chi connectivity index (χ3v) is 4.19. The van der Waals surface area contributed by atoms with Crippen molar-refractivity contribution in [2.24, 2.45) is 0 Å². The van der Waals surface area contributed by atoms with Gasteiger partial charge in [0.2, 0.25) is 0 Å². The number of hydrogen-bond acceptors (Lipinski definition) is 4. The fraction of sp³-hybridized carbons (Fsp3) is 0.158. The number of nitrogens with zero attached hydrogens (tertiary/aromatic N) is 2. The lowest BCUT2D eigenvalue weighted by molar-refractivity contribution is 0.0716. The monoisotopic (exact) mass is 337 g/mol. The minimum absolute atomic E-state index is 0.232. The molecule has 0 amide bonds. The Morgan fingerprint density at radius 3 is 2.79 bits per heavy atom. The molecule has 24 heavy (non-hydrogen) atoms. The maximum absolute atomic E-state index is 10.8. The second kappa shape index (κ2) is 6.48. The molecule has 5 heteroatoms. The second-order valence-electron chi connectivity index (χ2n) is 5.81. The normalized spacial score (nSPS) is 13.2. The molecule has 1 unspecified atom stereocenters. The van der Waals surface area contributed by atoms with Crippen molar-refractivity contribution in [3.8, 4) is 6.07 Å². The average Bonchev–Trinajstić information content (AvgIpc) is 2.59. The summed E-state index contributed by atoms with van der Waals surface area (Å²) in [6, 6.07) is 16.8. The smallest absolute Gasteiger partial charge is 0.104 e. The highest BCUT2D eigenvalue weighted by Crippen LogP contribution is 2.28. The minimum atomic E-state index is -1.14. The highest BCUT2D eigenvalue weighted by atomic mass is 35.5. The molecule has 0 aliphatic heterocycles. The first-order chi connectivity index (χ1) is 11.5. The summed E-state index contributed by atoms with van der Waals surface area (Å²) in [6.45, 7) is 1.94. The standard InChI is InChI=1S/C19H16ClN3O/c1-19(24,14-5-4-6-15(20)9-14)12-23-18-13(10-21)11-22-17-8-3-2-7-16(17)18/h2-9,11,24H,12H2,1H3,(H,22,23). The molecule has 0 spiro atoms. The molecule has 0 saturated heterocycles. The number of anilines is 1. The van der Waals surface area contributed by atoms with Crippen LogP contribution in [0.25, 0.3) is 10.9 Å². The van der Waals surface area contributed by atoms with Crippen molar-refractivity contribution in [1.82, 2.24) is 4.98 Å². The summed E-state index contributed by atoms with van der Waals surface area (Å²) in [5.74, 6) is 0. The van der Waals surface area contributed by atoms with Gasteiger partial charge in [-0.15, -0.1) is 0 Å². The number of aliphatic hydroxyl groups is 1. The lowest BCUT2D eigenvalue weighted by Crippen LogP contribution is -2.31. The molecule has 0 saturated carbocycles. The Kier molecular flexibility index (Phi) is 4.39. The number of aromatic nitrogens is 1. The van der Waals surface area contributed by atoms with Crippen LogP contribution in [-0.4, -0.2) is 16.6 Å². The Bertz CT molecular complexity index is 931. The van der Waals surface area contributed by atoms with E-state index in [0.29, 0.717) is 21.8 Å². The van der Waals surface area contributed by atoms with E-state index in [1.165, 1.54) is 0 Å². The number of benzene rings is 2. The van der Waals surface area contributed by atoms with Gasteiger partial charge in [-0.3, -0.25) is 4.98 Å². The summed E-state index contributed by atoms with van der Waals surface area (Å²) >= 11 is 6.01. The van der Waals surface area contributed by atoms with Crippen LogP contribution >= 0.6 is 11.6 Å². The minimum Gasteiger partial charge on any atom is -0.384 e. The first-order valence-electron chi connectivity index (χ1n) is 7.51. The van der Waals surface area contributed by atoms with Crippen LogP contribution in [0.3, 0.4) is 0 Å². The largest absolute Gasteiger partial charge is 0.384 e. The molecule has 0 aliphatic rings. The number of fused-ring (bicyclic) bond motifs is 1. The van der Waals surface area contributed by atoms with Crippen LogP contribution < -0.4 is 5.32 Å². The van der Waals surface area contributed by atoms with E-state index >= 15 is 0 Å². The molecular weight excluding hydrogens is 322 g/mol. The summed E-state index contributed by atoms with van der Waals surface area (Å²) < 4.78 is 0. The molecule has 3 aromatic rings. The van der Waals surface area contributed by atoms with Crippen LogP contribution in [0.15, 0.2) is 54.7 Å². The van der Waals surface area contributed by atoms with Gasteiger partial charge in [0.25, 0.3) is 0 Å². The van der Waals surface area contributed by atoms with Gasteiger partial charge >= 0.3 is 0 Å². The van der Waals surface area contributed by atoms with Crippen molar-refractivity contribution in [3.63, 3.8) is 0 Å². The van der Waals surface area contributed by atoms with Crippen LogP contribution in [0.5, 0.6) is 0 Å². The van der Waals surface area contributed by atoms with Crippen molar-refractivity contribution in [3.05, 3.63) is 70.9 Å². The number of para-hydroxylation sites is 1. The van der Waals surface area contributed by atoms with Gasteiger partial charge in [0.1, 0.15) is 11.7 Å². The van der Waals surface area contributed by atoms with E-state index < -0.39 is 5.60 Å². The zero-order valence-electron chi connectivity index (χ0n) is 13.1. The molecule has 2 aromatic carbocycles. The van der Waals surface area contributed by atoms with Crippen molar-refractivity contribution in [2.75, 3.05) is 11.9 Å². The molecule has 1 aromatic heterocycles. The molecule has 3 rings (SSSR count). The Labute approximate surface area is 145 Å². The SMILES string of the molecule is CC(O)(CNc1c(C#N)cnc2ccccc12)c1cccc(Cl)c1. The average molecular weight is 338 g/mol. The van der Waals surface area contributed by atoms with Crippen LogP contribution in [0.4, 0.5) is 5.69 Å². The molecule has 1 atom stereocenters. The third-order valence-electron chi connectivity index (χ3n) is 3.95. The fourth-order valence-electron chi connectivity index (χ4n) is 2.60. The number of halogens is 1. The van der Waals surface area contributed by atoms with Crippen molar-refractivity contribution >= 4 is 28.2 Å². The highest BCUT2D eigenvalue weighted by molar-refractivity contribution is 6.30. The first kappa shape index (κ1) is 16.3. The summed E-state index contributed by atoms with van der Waals surface area (Å²) in [5, 5.41) is 24.8. The third kappa shape index (κ3) is 3.18. The quantitative estimate of drug-likeness (QED) is 0.752. The molecule has 2 N–H and O–H groups in total. The Morgan fingerprint density at radius 1 is 1.25 bits per heavy atom. The fourth-order valence-corrected chi connectivity index (χ4v) is 2.79. The summed E-state index contributed by atoms with van der Waals surface area (Å²) in [7, 11) is 0. The van der Waals surface area contributed by atoms with Gasteiger partial charge in [0, 0.05) is 23.2 Å². The topological polar surface area (TPSA) is 68.9 Å². The summed E-state index contributed by atoms with van der Waals surface area (Å²) in [4.78, 5) is 4.28. The molecule has 120 valence electrons. The van der Waals surface area contributed by atoms with E-state index in [9.17, 15) is 10.4 Å². The van der Waals surface area contributed by atoms with E-state index in [-0.39, 0.29) is 6.54 Å². The zero-order chi connectivity index (χ0) is 17.2. The van der Waals surface area contributed by atoms with E-state index in [1.54, 1.807) is 31.3 Å². The van der Waals surface area contributed by atoms with Crippen LogP contribution in [0.1, 0.15) is 18.1 Å². The number of rotatable bonds is 4. The molecule has 4 nitrogen and oxygen atoms in total. The number of pyridine rings is 1. The molecule has 0 radical (unpaired) electrons. The Hall–Kier alpha value is -2.61. The Morgan fingerprint density at radius 2 is 2.04 bits per heavy atom. The van der Waals surface area contributed by atoms with Gasteiger partial charge in [-0.1, -0.05) is 41.9 Å². The number of hydrogen-bond donors (Lipinski definition) is 2. The lowest BCUT2D eigenvalue weighted by Gasteiger charge is -2.25. The van der Waals surface area contributed by atoms with Gasteiger partial charge in [-0.25, -0.2) is 0 Å². The molecule has 0 bridgehead atoms. The molecular formula is C19H16ClN3O. The molecule has 0 aliphatic carbocycles.